The summed E-state index contributed by atoms with van der Waals surface area (Å²) in [5.74, 6) is 0.160. The molecule has 0 heterocycles. The van der Waals surface area contributed by atoms with E-state index in [4.69, 9.17) is 6.42 Å². The average molecular weight is 330 g/mol. The van der Waals surface area contributed by atoms with Crippen molar-refractivity contribution in [1.82, 2.24) is 5.32 Å². The zero-order valence-corrected chi connectivity index (χ0v) is 12.9. The summed E-state index contributed by atoms with van der Waals surface area (Å²) in [7, 11) is 0. The zero-order chi connectivity index (χ0) is 17.7. The molecule has 2 aromatic rings. The number of hydrogen-bond acceptors (Lipinski definition) is 2. The van der Waals surface area contributed by atoms with Crippen LogP contribution in [0.5, 0.6) is 0 Å². The van der Waals surface area contributed by atoms with Crippen molar-refractivity contribution >= 4 is 11.7 Å². The summed E-state index contributed by atoms with van der Waals surface area (Å²) < 4.78 is 27.5. The minimum absolute atomic E-state index is 0.0331. The van der Waals surface area contributed by atoms with E-state index < -0.39 is 29.5 Å². The number of terminal acetylenes is 1. The standard InChI is InChI=1S/C18H16F2N2O2/c1-3-12-8-14(19)17(15(20)9-12)22-18(24)21-10-16(23)13-6-4-11(2)5-7-13/h1,4-9,16,23H,10H2,2H3,(H2,21,22,24). The molecule has 0 spiro atoms. The molecule has 0 aliphatic rings. The van der Waals surface area contributed by atoms with Crippen molar-refractivity contribution in [2.75, 3.05) is 11.9 Å². The summed E-state index contributed by atoms with van der Waals surface area (Å²) in [5.41, 5.74) is 1.09. The fraction of sp³-hybridized carbons (Fsp3) is 0.167. The van der Waals surface area contributed by atoms with E-state index in [1.807, 2.05) is 19.1 Å². The lowest BCUT2D eigenvalue weighted by molar-refractivity contribution is 0.175. The van der Waals surface area contributed by atoms with Gasteiger partial charge in [-0.1, -0.05) is 35.7 Å². The number of aryl methyl sites for hydroxylation is 1. The Kier molecular flexibility index (Phi) is 5.51. The summed E-state index contributed by atoms with van der Waals surface area (Å²) in [6, 6.07) is 8.17. The average Bonchev–Trinajstić information content (AvgIpc) is 2.56. The predicted molar refractivity (Wildman–Crippen MR) is 87.5 cm³/mol. The van der Waals surface area contributed by atoms with Gasteiger partial charge in [-0.15, -0.1) is 6.42 Å². The third kappa shape index (κ3) is 4.31. The molecule has 24 heavy (non-hydrogen) atoms. The highest BCUT2D eigenvalue weighted by molar-refractivity contribution is 5.89. The maximum Gasteiger partial charge on any atom is 0.319 e. The Hall–Kier alpha value is -2.91. The minimum atomic E-state index is -0.975. The van der Waals surface area contributed by atoms with E-state index in [2.05, 4.69) is 16.6 Å². The number of urea groups is 1. The molecule has 0 aliphatic heterocycles. The lowest BCUT2D eigenvalue weighted by Crippen LogP contribution is -2.33. The van der Waals surface area contributed by atoms with E-state index in [0.717, 1.165) is 17.7 Å². The van der Waals surface area contributed by atoms with Crippen molar-refractivity contribution in [3.05, 3.63) is 64.7 Å². The highest BCUT2D eigenvalue weighted by Gasteiger charge is 2.15. The number of aliphatic hydroxyl groups excluding tert-OH is 1. The largest absolute Gasteiger partial charge is 0.387 e. The van der Waals surface area contributed by atoms with Gasteiger partial charge >= 0.3 is 6.03 Å². The van der Waals surface area contributed by atoms with Crippen molar-refractivity contribution in [2.24, 2.45) is 0 Å². The Labute approximate surface area is 138 Å². The first-order valence-corrected chi connectivity index (χ1v) is 7.16. The van der Waals surface area contributed by atoms with Gasteiger partial charge in [0.25, 0.3) is 0 Å². The van der Waals surface area contributed by atoms with Gasteiger partial charge in [0.2, 0.25) is 0 Å². The van der Waals surface area contributed by atoms with Gasteiger partial charge in [0.05, 0.1) is 6.10 Å². The molecular formula is C18H16F2N2O2. The van der Waals surface area contributed by atoms with Crippen LogP contribution in [0.4, 0.5) is 19.3 Å². The summed E-state index contributed by atoms with van der Waals surface area (Å²) in [6.45, 7) is 1.80. The number of nitrogens with one attached hydrogen (secondary N) is 2. The van der Waals surface area contributed by atoms with Crippen molar-refractivity contribution in [2.45, 2.75) is 13.0 Å². The van der Waals surface area contributed by atoms with Crippen molar-refractivity contribution in [3.8, 4) is 12.3 Å². The Balaban J connectivity index is 1.96. The van der Waals surface area contributed by atoms with Crippen LogP contribution in [0.15, 0.2) is 36.4 Å². The second kappa shape index (κ2) is 7.57. The van der Waals surface area contributed by atoms with Gasteiger partial charge in [-0.3, -0.25) is 0 Å². The molecule has 2 amide bonds. The van der Waals surface area contributed by atoms with Gasteiger partial charge in [0.15, 0.2) is 11.6 Å². The SMILES string of the molecule is C#Cc1cc(F)c(NC(=O)NCC(O)c2ccc(C)cc2)c(F)c1. The van der Waals surface area contributed by atoms with Gasteiger partial charge < -0.3 is 15.7 Å². The third-order valence-corrected chi connectivity index (χ3v) is 3.37. The van der Waals surface area contributed by atoms with Crippen LogP contribution >= 0.6 is 0 Å². The van der Waals surface area contributed by atoms with Crippen LogP contribution in [0.25, 0.3) is 0 Å². The molecule has 2 rings (SSSR count). The summed E-state index contributed by atoms with van der Waals surface area (Å²) in [5, 5.41) is 14.4. The fourth-order valence-electron chi connectivity index (χ4n) is 2.03. The highest BCUT2D eigenvalue weighted by Crippen LogP contribution is 2.20. The number of amides is 2. The first kappa shape index (κ1) is 17.4. The van der Waals surface area contributed by atoms with E-state index in [9.17, 15) is 18.7 Å². The van der Waals surface area contributed by atoms with E-state index in [0.29, 0.717) is 5.56 Å². The minimum Gasteiger partial charge on any atom is -0.387 e. The first-order chi connectivity index (χ1) is 11.4. The molecule has 1 unspecified atom stereocenters. The van der Waals surface area contributed by atoms with Crippen LogP contribution in [0, 0.1) is 30.9 Å². The quantitative estimate of drug-likeness (QED) is 0.755. The van der Waals surface area contributed by atoms with Gasteiger partial charge in [-0.2, -0.15) is 0 Å². The van der Waals surface area contributed by atoms with Gasteiger partial charge in [-0.25, -0.2) is 13.6 Å². The van der Waals surface area contributed by atoms with Crippen molar-refractivity contribution in [3.63, 3.8) is 0 Å². The van der Waals surface area contributed by atoms with E-state index >= 15 is 0 Å². The topological polar surface area (TPSA) is 61.4 Å². The molecule has 0 radical (unpaired) electrons. The van der Waals surface area contributed by atoms with E-state index in [1.54, 1.807) is 12.1 Å². The monoisotopic (exact) mass is 330 g/mol. The summed E-state index contributed by atoms with van der Waals surface area (Å²) in [6.07, 6.45) is 4.14. The highest BCUT2D eigenvalue weighted by atomic mass is 19.1. The molecule has 0 fully saturated rings. The third-order valence-electron chi connectivity index (χ3n) is 3.37. The summed E-state index contributed by atoms with van der Waals surface area (Å²) >= 11 is 0. The molecule has 0 aliphatic carbocycles. The first-order valence-electron chi connectivity index (χ1n) is 7.16. The maximum atomic E-state index is 13.7. The second-order valence-corrected chi connectivity index (χ2v) is 5.22. The molecule has 124 valence electrons. The predicted octanol–water partition coefficient (Wildman–Crippen LogP) is 3.11. The normalized spacial score (nSPS) is 11.5. The fourth-order valence-corrected chi connectivity index (χ4v) is 2.03. The van der Waals surface area contributed by atoms with Crippen molar-refractivity contribution < 1.29 is 18.7 Å². The number of anilines is 1. The van der Waals surface area contributed by atoms with Crippen LogP contribution in [0.1, 0.15) is 22.8 Å². The van der Waals surface area contributed by atoms with Gasteiger partial charge in [0.1, 0.15) is 5.69 Å². The second-order valence-electron chi connectivity index (χ2n) is 5.22. The molecule has 6 heteroatoms. The number of rotatable bonds is 4. The number of carbonyl (C=O) groups is 1. The molecule has 4 nitrogen and oxygen atoms in total. The lowest BCUT2D eigenvalue weighted by Gasteiger charge is -2.14. The summed E-state index contributed by atoms with van der Waals surface area (Å²) in [4.78, 5) is 11.8. The maximum absolute atomic E-state index is 13.7. The Morgan fingerprint density at radius 1 is 1.25 bits per heavy atom. The smallest absolute Gasteiger partial charge is 0.319 e. The van der Waals surface area contributed by atoms with Gasteiger partial charge in [0, 0.05) is 12.1 Å². The molecule has 3 N–H and O–H groups in total. The van der Waals surface area contributed by atoms with Crippen LogP contribution < -0.4 is 10.6 Å². The number of carbonyl (C=O) groups excluding carboxylic acids is 1. The molecule has 2 aromatic carbocycles. The molecule has 0 aromatic heterocycles. The molecular weight excluding hydrogens is 314 g/mol. The van der Waals surface area contributed by atoms with Crippen LogP contribution in [-0.2, 0) is 0 Å². The number of aliphatic hydroxyl groups is 1. The Morgan fingerprint density at radius 3 is 2.38 bits per heavy atom. The molecule has 0 saturated carbocycles. The van der Waals surface area contributed by atoms with E-state index in [-0.39, 0.29) is 12.1 Å². The number of hydrogen-bond donors (Lipinski definition) is 3. The van der Waals surface area contributed by atoms with Crippen LogP contribution in [-0.4, -0.2) is 17.7 Å². The zero-order valence-electron chi connectivity index (χ0n) is 12.9. The molecule has 0 saturated heterocycles. The number of benzene rings is 2. The Bertz CT molecular complexity index is 760. The van der Waals surface area contributed by atoms with Crippen molar-refractivity contribution in [1.29, 1.82) is 0 Å². The number of halogens is 2. The molecule has 1 atom stereocenters. The molecule has 0 bridgehead atoms. The van der Waals surface area contributed by atoms with Gasteiger partial charge in [-0.05, 0) is 24.6 Å². The lowest BCUT2D eigenvalue weighted by atomic mass is 10.1. The van der Waals surface area contributed by atoms with Crippen LogP contribution in [0.3, 0.4) is 0 Å². The Morgan fingerprint density at radius 2 is 1.83 bits per heavy atom. The van der Waals surface area contributed by atoms with Crippen LogP contribution in [0.2, 0.25) is 0 Å². The van der Waals surface area contributed by atoms with E-state index in [1.165, 1.54) is 0 Å².